The van der Waals surface area contributed by atoms with Crippen molar-refractivity contribution in [3.63, 3.8) is 0 Å². The predicted octanol–water partition coefficient (Wildman–Crippen LogP) is 0.898. The Hall–Kier alpha value is -3.36. The van der Waals surface area contributed by atoms with Crippen LogP contribution < -0.4 is 21.4 Å². The smallest absolute Gasteiger partial charge is 0.329 e. The number of anilines is 1. The number of nitrogens with one attached hydrogen (secondary N) is 2. The monoisotopic (exact) mass is 342 g/mol. The molecule has 0 aliphatic heterocycles. The molecule has 0 saturated carbocycles. The van der Waals surface area contributed by atoms with Crippen LogP contribution in [0.2, 0.25) is 0 Å². The molecular formula is C16H18N6O3. The largest absolute Gasteiger partial charge is 0.497 e. The Morgan fingerprint density at radius 3 is 2.68 bits per heavy atom. The van der Waals surface area contributed by atoms with E-state index in [1.165, 1.54) is 4.57 Å². The number of hydrogen-bond donors (Lipinski definition) is 2. The summed E-state index contributed by atoms with van der Waals surface area (Å²) in [6.07, 6.45) is 1.63. The fourth-order valence-electron chi connectivity index (χ4n) is 2.48. The second kappa shape index (κ2) is 6.63. The fourth-order valence-corrected chi connectivity index (χ4v) is 2.48. The SMILES string of the molecule is CCn1c(NN=Cc2ccc(OC)cc2)nc2c1c(=O)[nH]c(=O)n2C. The van der Waals surface area contributed by atoms with Crippen LogP contribution in [0.25, 0.3) is 11.2 Å². The number of aryl methyl sites for hydroxylation is 2. The molecule has 0 aliphatic rings. The molecular weight excluding hydrogens is 324 g/mol. The average molecular weight is 342 g/mol. The van der Waals surface area contributed by atoms with Crippen molar-refractivity contribution >= 4 is 23.3 Å². The number of fused-ring (bicyclic) bond motifs is 1. The number of aromatic amines is 1. The van der Waals surface area contributed by atoms with E-state index in [9.17, 15) is 9.59 Å². The van der Waals surface area contributed by atoms with Gasteiger partial charge in [-0.2, -0.15) is 10.1 Å². The molecule has 0 atom stereocenters. The van der Waals surface area contributed by atoms with Crippen LogP contribution in [0.3, 0.4) is 0 Å². The quantitative estimate of drug-likeness (QED) is 0.529. The third-order valence-electron chi connectivity index (χ3n) is 3.82. The van der Waals surface area contributed by atoms with Crippen molar-refractivity contribution in [2.75, 3.05) is 12.5 Å². The van der Waals surface area contributed by atoms with Gasteiger partial charge in [0.15, 0.2) is 11.2 Å². The maximum absolute atomic E-state index is 12.1. The predicted molar refractivity (Wildman–Crippen MR) is 95.5 cm³/mol. The molecule has 0 amide bonds. The molecule has 130 valence electrons. The molecule has 2 heterocycles. The number of imidazole rings is 1. The molecule has 3 aromatic rings. The van der Waals surface area contributed by atoms with E-state index in [0.717, 1.165) is 11.3 Å². The average Bonchev–Trinajstić information content (AvgIpc) is 2.99. The van der Waals surface area contributed by atoms with E-state index in [0.29, 0.717) is 23.7 Å². The fraction of sp³-hybridized carbons (Fsp3) is 0.250. The Labute approximate surface area is 142 Å². The number of nitrogens with zero attached hydrogens (tertiary/aromatic N) is 4. The Morgan fingerprint density at radius 1 is 1.32 bits per heavy atom. The number of rotatable bonds is 5. The van der Waals surface area contributed by atoms with Crippen LogP contribution in [0, 0.1) is 0 Å². The van der Waals surface area contributed by atoms with Gasteiger partial charge in [0.25, 0.3) is 5.56 Å². The van der Waals surface area contributed by atoms with Gasteiger partial charge >= 0.3 is 5.69 Å². The Bertz CT molecular complexity index is 1040. The summed E-state index contributed by atoms with van der Waals surface area (Å²) >= 11 is 0. The summed E-state index contributed by atoms with van der Waals surface area (Å²) in [6, 6.07) is 7.39. The highest BCUT2D eigenvalue weighted by atomic mass is 16.5. The molecule has 25 heavy (non-hydrogen) atoms. The number of hydrazone groups is 1. The normalized spacial score (nSPS) is 11.3. The van der Waals surface area contributed by atoms with E-state index in [1.807, 2.05) is 31.2 Å². The van der Waals surface area contributed by atoms with Gasteiger partial charge in [-0.1, -0.05) is 0 Å². The molecule has 0 saturated heterocycles. The van der Waals surface area contributed by atoms with Crippen molar-refractivity contribution in [3.8, 4) is 5.75 Å². The van der Waals surface area contributed by atoms with E-state index < -0.39 is 11.2 Å². The molecule has 1 aromatic carbocycles. The van der Waals surface area contributed by atoms with Gasteiger partial charge in [0.05, 0.1) is 13.3 Å². The first kappa shape index (κ1) is 16.5. The first-order valence-electron chi connectivity index (χ1n) is 7.67. The first-order valence-corrected chi connectivity index (χ1v) is 7.67. The van der Waals surface area contributed by atoms with Crippen molar-refractivity contribution in [1.29, 1.82) is 0 Å². The molecule has 0 radical (unpaired) electrons. The summed E-state index contributed by atoms with van der Waals surface area (Å²) < 4.78 is 8.06. The Kier molecular flexibility index (Phi) is 4.38. The zero-order valence-electron chi connectivity index (χ0n) is 14.1. The number of hydrogen-bond acceptors (Lipinski definition) is 6. The maximum atomic E-state index is 12.1. The minimum atomic E-state index is -0.508. The lowest BCUT2D eigenvalue weighted by atomic mass is 10.2. The zero-order valence-corrected chi connectivity index (χ0v) is 14.1. The summed E-state index contributed by atoms with van der Waals surface area (Å²) in [4.78, 5) is 30.4. The second-order valence-electron chi connectivity index (χ2n) is 5.31. The lowest BCUT2D eigenvalue weighted by Crippen LogP contribution is -2.29. The van der Waals surface area contributed by atoms with Gasteiger partial charge in [-0.3, -0.25) is 14.3 Å². The molecule has 2 N–H and O–H groups in total. The van der Waals surface area contributed by atoms with Gasteiger partial charge in [0.2, 0.25) is 5.95 Å². The van der Waals surface area contributed by atoms with Crippen LogP contribution in [0.15, 0.2) is 39.0 Å². The number of aromatic nitrogens is 4. The highest BCUT2D eigenvalue weighted by Crippen LogP contribution is 2.15. The maximum Gasteiger partial charge on any atom is 0.329 e. The lowest BCUT2D eigenvalue weighted by molar-refractivity contribution is 0.415. The van der Waals surface area contributed by atoms with Gasteiger partial charge < -0.3 is 9.30 Å². The highest BCUT2D eigenvalue weighted by molar-refractivity contribution is 5.80. The molecule has 0 aliphatic carbocycles. The molecule has 3 rings (SSSR count). The van der Waals surface area contributed by atoms with Crippen LogP contribution in [0.1, 0.15) is 12.5 Å². The first-order chi connectivity index (χ1) is 12.0. The number of ether oxygens (including phenoxy) is 1. The van der Waals surface area contributed by atoms with Crippen LogP contribution >= 0.6 is 0 Å². The van der Waals surface area contributed by atoms with E-state index >= 15 is 0 Å². The van der Waals surface area contributed by atoms with Crippen LogP contribution in [0.4, 0.5) is 5.95 Å². The molecule has 9 heteroatoms. The summed E-state index contributed by atoms with van der Waals surface area (Å²) in [5.74, 6) is 1.15. The zero-order chi connectivity index (χ0) is 18.0. The van der Waals surface area contributed by atoms with Gasteiger partial charge in [0, 0.05) is 13.6 Å². The van der Waals surface area contributed by atoms with E-state index in [1.54, 1.807) is 24.9 Å². The minimum Gasteiger partial charge on any atom is -0.497 e. The van der Waals surface area contributed by atoms with Gasteiger partial charge in [-0.15, -0.1) is 0 Å². The summed E-state index contributed by atoms with van der Waals surface area (Å²) in [6.45, 7) is 2.38. The Balaban J connectivity index is 1.94. The molecule has 0 spiro atoms. The molecule has 0 fully saturated rings. The lowest BCUT2D eigenvalue weighted by Gasteiger charge is -2.04. The van der Waals surface area contributed by atoms with Gasteiger partial charge in [0.1, 0.15) is 5.75 Å². The highest BCUT2D eigenvalue weighted by Gasteiger charge is 2.15. The third-order valence-corrected chi connectivity index (χ3v) is 3.82. The van der Waals surface area contributed by atoms with Crippen LogP contribution in [0.5, 0.6) is 5.75 Å². The number of benzene rings is 1. The Morgan fingerprint density at radius 2 is 2.04 bits per heavy atom. The van der Waals surface area contributed by atoms with Crippen molar-refractivity contribution in [2.45, 2.75) is 13.5 Å². The van der Waals surface area contributed by atoms with E-state index in [-0.39, 0.29) is 0 Å². The molecule has 2 aromatic heterocycles. The summed E-state index contributed by atoms with van der Waals surface area (Å²) in [5, 5.41) is 4.15. The van der Waals surface area contributed by atoms with Gasteiger partial charge in [-0.05, 0) is 36.8 Å². The number of H-pyrrole nitrogens is 1. The van der Waals surface area contributed by atoms with Crippen molar-refractivity contribution in [1.82, 2.24) is 19.1 Å². The van der Waals surface area contributed by atoms with E-state index in [2.05, 4.69) is 20.5 Å². The second-order valence-corrected chi connectivity index (χ2v) is 5.31. The standard InChI is InChI=1S/C16H18N6O3/c1-4-22-12-13(21(2)16(24)19-14(12)23)18-15(22)20-17-9-10-5-7-11(25-3)8-6-10/h5-9H,4H2,1-3H3,(H,18,20)(H,19,23,24). The molecule has 0 unspecified atom stereocenters. The van der Waals surface area contributed by atoms with Crippen molar-refractivity contribution in [2.24, 2.45) is 12.1 Å². The number of methoxy groups -OCH3 is 1. The minimum absolute atomic E-state index is 0.303. The van der Waals surface area contributed by atoms with Gasteiger partial charge in [-0.25, -0.2) is 10.2 Å². The van der Waals surface area contributed by atoms with E-state index in [4.69, 9.17) is 4.74 Å². The third kappa shape index (κ3) is 3.03. The molecule has 9 nitrogen and oxygen atoms in total. The topological polar surface area (TPSA) is 106 Å². The summed E-state index contributed by atoms with van der Waals surface area (Å²) in [5.41, 5.74) is 3.35. The van der Waals surface area contributed by atoms with Crippen molar-refractivity contribution in [3.05, 3.63) is 50.7 Å². The van der Waals surface area contributed by atoms with Crippen LogP contribution in [-0.4, -0.2) is 32.4 Å². The van der Waals surface area contributed by atoms with Crippen LogP contribution in [-0.2, 0) is 13.6 Å². The molecule has 0 bridgehead atoms. The summed E-state index contributed by atoms with van der Waals surface area (Å²) in [7, 11) is 3.16. The van der Waals surface area contributed by atoms with Crippen molar-refractivity contribution < 1.29 is 4.74 Å².